The van der Waals surface area contributed by atoms with E-state index < -0.39 is 0 Å². The molecule has 0 aliphatic heterocycles. The Bertz CT molecular complexity index is 677. The molecule has 2 nitrogen and oxygen atoms in total. The van der Waals surface area contributed by atoms with E-state index in [0.717, 1.165) is 42.6 Å². The number of hydrogen-bond donors (Lipinski definition) is 0. The normalized spacial score (nSPS) is 17.0. The van der Waals surface area contributed by atoms with Crippen molar-refractivity contribution < 1.29 is 1.37 Å². The number of nitriles is 1. The van der Waals surface area contributed by atoms with E-state index in [-0.39, 0.29) is 5.89 Å². The van der Waals surface area contributed by atoms with Crippen LogP contribution in [0.2, 0.25) is 0 Å². The summed E-state index contributed by atoms with van der Waals surface area (Å²) in [5.41, 5.74) is 3.94. The predicted octanol–water partition coefficient (Wildman–Crippen LogP) is 4.98. The lowest BCUT2D eigenvalue weighted by molar-refractivity contribution is 0.723. The van der Waals surface area contributed by atoms with Gasteiger partial charge in [-0.2, -0.15) is 5.26 Å². The van der Waals surface area contributed by atoms with Crippen LogP contribution >= 0.6 is 0 Å². The van der Waals surface area contributed by atoms with Crippen LogP contribution in [0.15, 0.2) is 48.5 Å². The van der Waals surface area contributed by atoms with Crippen LogP contribution in [0.3, 0.4) is 0 Å². The van der Waals surface area contributed by atoms with Crippen molar-refractivity contribution in [1.82, 2.24) is 0 Å². The van der Waals surface area contributed by atoms with E-state index >= 15 is 0 Å². The third-order valence-corrected chi connectivity index (χ3v) is 4.25. The zero-order valence-corrected chi connectivity index (χ0v) is 12.3. The van der Waals surface area contributed by atoms with Crippen molar-refractivity contribution >= 4 is 11.4 Å². The van der Waals surface area contributed by atoms with Gasteiger partial charge in [0.2, 0.25) is 0 Å². The van der Waals surface area contributed by atoms with Gasteiger partial charge in [-0.05, 0) is 60.7 Å². The van der Waals surface area contributed by atoms with Crippen LogP contribution in [0.25, 0.3) is 0 Å². The molecule has 0 unspecified atom stereocenters. The average molecular weight is 277 g/mol. The summed E-state index contributed by atoms with van der Waals surface area (Å²) in [6, 6.07) is 18.1. The first kappa shape index (κ1) is 12.5. The van der Waals surface area contributed by atoms with Gasteiger partial charge in [0.15, 0.2) is 0 Å². The molecule has 2 aromatic rings. The minimum atomic E-state index is -0.383. The smallest absolute Gasteiger partial charge is 0.0991 e. The molecule has 21 heavy (non-hydrogen) atoms. The quantitative estimate of drug-likeness (QED) is 0.790. The third kappa shape index (κ3) is 2.92. The van der Waals surface area contributed by atoms with Crippen LogP contribution in [0.5, 0.6) is 0 Å². The molecule has 1 aliphatic rings. The largest absolute Gasteiger partial charge is 0.345 e. The lowest BCUT2D eigenvalue weighted by Crippen LogP contribution is -2.09. The summed E-state index contributed by atoms with van der Waals surface area (Å²) in [5, 5.41) is 8.86. The molecule has 0 aromatic heterocycles. The zero-order valence-electron chi connectivity index (χ0n) is 13.3. The van der Waals surface area contributed by atoms with E-state index in [1.54, 1.807) is 0 Å². The molecule has 3 rings (SSSR count). The van der Waals surface area contributed by atoms with E-state index in [9.17, 15) is 0 Å². The lowest BCUT2D eigenvalue weighted by Gasteiger charge is -2.20. The Hall–Kier alpha value is -2.27. The van der Waals surface area contributed by atoms with Gasteiger partial charge in [-0.25, -0.2) is 0 Å². The Morgan fingerprint density at radius 2 is 1.52 bits per heavy atom. The fourth-order valence-electron chi connectivity index (χ4n) is 2.92. The molecule has 0 radical (unpaired) electrons. The summed E-state index contributed by atoms with van der Waals surface area (Å²) in [6.07, 6.45) is 4.27. The van der Waals surface area contributed by atoms with Crippen LogP contribution < -0.4 is 4.90 Å². The number of anilines is 2. The number of rotatable bonds is 3. The van der Waals surface area contributed by atoms with Gasteiger partial charge in [-0.3, -0.25) is 0 Å². The van der Waals surface area contributed by atoms with Gasteiger partial charge < -0.3 is 4.90 Å². The molecule has 0 N–H and O–H groups in total. The fourth-order valence-corrected chi connectivity index (χ4v) is 2.92. The van der Waals surface area contributed by atoms with Gasteiger partial charge in [0.1, 0.15) is 0 Å². The molecule has 0 atom stereocenters. The van der Waals surface area contributed by atoms with E-state index in [1.807, 2.05) is 31.3 Å². The highest BCUT2D eigenvalue weighted by molar-refractivity contribution is 5.63. The molecule has 1 fully saturated rings. The van der Waals surface area contributed by atoms with E-state index in [2.05, 4.69) is 35.2 Å². The van der Waals surface area contributed by atoms with Crippen LogP contribution in [-0.2, 0) is 0 Å². The monoisotopic (exact) mass is 277 g/mol. The van der Waals surface area contributed by atoms with Crippen molar-refractivity contribution in [2.75, 3.05) is 11.9 Å². The third-order valence-electron chi connectivity index (χ3n) is 4.25. The van der Waals surface area contributed by atoms with Crippen molar-refractivity contribution in [3.8, 4) is 6.07 Å². The second kappa shape index (κ2) is 6.01. The van der Waals surface area contributed by atoms with Gasteiger partial charge in [0.25, 0.3) is 0 Å². The summed E-state index contributed by atoms with van der Waals surface area (Å²) in [5.74, 6) is -0.383. The minimum absolute atomic E-state index is 0.383. The van der Waals surface area contributed by atoms with E-state index in [4.69, 9.17) is 6.63 Å². The van der Waals surface area contributed by atoms with Crippen molar-refractivity contribution in [1.29, 1.82) is 5.26 Å². The van der Waals surface area contributed by atoms with Gasteiger partial charge in [0, 0.05) is 19.8 Å². The van der Waals surface area contributed by atoms with Crippen LogP contribution in [-0.4, -0.2) is 7.05 Å². The van der Waals surface area contributed by atoms with E-state index in [0.29, 0.717) is 5.56 Å². The highest BCUT2D eigenvalue weighted by Crippen LogP contribution is 2.35. The van der Waals surface area contributed by atoms with Crippen molar-refractivity contribution in [3.05, 3.63) is 59.7 Å². The predicted molar refractivity (Wildman–Crippen MR) is 86.9 cm³/mol. The number of hydrogen-bond acceptors (Lipinski definition) is 2. The van der Waals surface area contributed by atoms with Crippen LogP contribution in [0, 0.1) is 11.3 Å². The maximum Gasteiger partial charge on any atom is 0.0991 e. The van der Waals surface area contributed by atoms with Crippen molar-refractivity contribution in [2.24, 2.45) is 0 Å². The second-order valence-electron chi connectivity index (χ2n) is 5.58. The Balaban J connectivity index is 1.81. The molecule has 0 bridgehead atoms. The molecule has 1 saturated carbocycles. The first-order chi connectivity index (χ1) is 10.6. The Morgan fingerprint density at radius 3 is 2.05 bits per heavy atom. The first-order valence-electron chi connectivity index (χ1n) is 7.97. The van der Waals surface area contributed by atoms with Crippen LogP contribution in [0.4, 0.5) is 11.4 Å². The maximum absolute atomic E-state index is 8.86. The van der Waals surface area contributed by atoms with Crippen LogP contribution in [0.1, 0.15) is 44.1 Å². The highest BCUT2D eigenvalue weighted by atomic mass is 15.1. The molecule has 106 valence electrons. The molecule has 0 saturated heterocycles. The summed E-state index contributed by atoms with van der Waals surface area (Å²) < 4.78 is 8.56. The summed E-state index contributed by atoms with van der Waals surface area (Å²) in [4.78, 5) is 2.09. The molecule has 2 aromatic carbocycles. The molecule has 0 heterocycles. The number of nitrogens with zero attached hydrogens (tertiary/aromatic N) is 2. The fraction of sp³-hybridized carbons (Fsp3) is 0.316. The van der Waals surface area contributed by atoms with Gasteiger partial charge in [0.05, 0.1) is 11.6 Å². The summed E-state index contributed by atoms with van der Waals surface area (Å²) in [6.45, 7) is 0. The molecular formula is C19H20N2. The van der Waals surface area contributed by atoms with Gasteiger partial charge in [-0.1, -0.05) is 25.0 Å². The second-order valence-corrected chi connectivity index (χ2v) is 5.58. The average Bonchev–Trinajstić information content (AvgIpc) is 3.02. The Morgan fingerprint density at radius 1 is 1.00 bits per heavy atom. The molecule has 1 aliphatic carbocycles. The van der Waals surface area contributed by atoms with Gasteiger partial charge in [-0.15, -0.1) is 0 Å². The topological polar surface area (TPSA) is 27.0 Å². The van der Waals surface area contributed by atoms with Crippen molar-refractivity contribution in [2.45, 2.75) is 31.6 Å². The molecule has 0 spiro atoms. The van der Waals surface area contributed by atoms with Gasteiger partial charge >= 0.3 is 0 Å². The van der Waals surface area contributed by atoms with E-state index in [1.165, 1.54) is 0 Å². The standard InChI is InChI=1S/C19H20N2/c1-21(18-10-6-15(14-20)7-11-18)19-12-8-17(9-13-19)16-4-2-3-5-16/h6-13,16H,2-5H2,1H3/i16D. The van der Waals surface area contributed by atoms with Crippen molar-refractivity contribution in [3.63, 3.8) is 0 Å². The SMILES string of the molecule is [2H]C1(c2ccc(N(C)c3ccc(C#N)cc3)cc2)CCCC1. The molecular weight excluding hydrogens is 256 g/mol. The molecule has 2 heteroatoms. The Kier molecular flexibility index (Phi) is 3.57. The number of benzene rings is 2. The lowest BCUT2D eigenvalue weighted by atomic mass is 9.97. The highest BCUT2D eigenvalue weighted by Gasteiger charge is 2.16. The maximum atomic E-state index is 8.86. The summed E-state index contributed by atoms with van der Waals surface area (Å²) in [7, 11) is 2.02. The molecule has 0 amide bonds. The summed E-state index contributed by atoms with van der Waals surface area (Å²) >= 11 is 0. The Labute approximate surface area is 128 Å². The zero-order chi connectivity index (χ0) is 15.6. The minimum Gasteiger partial charge on any atom is -0.345 e. The first-order valence-corrected chi connectivity index (χ1v) is 7.47.